The fraction of sp³-hybridized carbons (Fsp3) is 0.150. The first kappa shape index (κ1) is 17.4. The molecule has 0 saturated heterocycles. The van der Waals surface area contributed by atoms with E-state index in [2.05, 4.69) is 20.2 Å². The minimum absolute atomic E-state index is 0.0493. The Morgan fingerprint density at radius 1 is 1.15 bits per heavy atom. The Labute approximate surface area is 160 Å². The Hall–Kier alpha value is -3.06. The molecule has 4 rings (SSSR count). The number of rotatable bonds is 6. The molecule has 1 unspecified atom stereocenters. The smallest absolute Gasteiger partial charge is 0.209 e. The maximum absolute atomic E-state index is 12.9. The number of hydrogen-bond donors (Lipinski definition) is 2. The van der Waals surface area contributed by atoms with Gasteiger partial charge in [0, 0.05) is 28.2 Å². The van der Waals surface area contributed by atoms with Gasteiger partial charge in [-0.2, -0.15) is 0 Å². The highest BCUT2D eigenvalue weighted by Gasteiger charge is 2.21. The van der Waals surface area contributed by atoms with Crippen LogP contribution in [0.25, 0.3) is 22.3 Å². The number of thioether (sulfide) groups is 1. The predicted molar refractivity (Wildman–Crippen MR) is 106 cm³/mol. The molecule has 0 bridgehead atoms. The van der Waals surface area contributed by atoms with Gasteiger partial charge in [0.15, 0.2) is 11.6 Å². The van der Waals surface area contributed by atoms with Crippen LogP contribution < -0.4 is 4.74 Å². The van der Waals surface area contributed by atoms with Crippen molar-refractivity contribution >= 4 is 28.4 Å². The minimum atomic E-state index is -0.302. The van der Waals surface area contributed by atoms with Crippen molar-refractivity contribution in [3.05, 3.63) is 60.3 Å². The molecule has 4 aromatic rings. The molecule has 2 N–H and O–H groups in total. The van der Waals surface area contributed by atoms with Crippen LogP contribution in [0.4, 0.5) is 0 Å². The van der Waals surface area contributed by atoms with Gasteiger partial charge in [0.25, 0.3) is 0 Å². The first-order chi connectivity index (χ1) is 13.2. The van der Waals surface area contributed by atoms with E-state index in [-0.39, 0.29) is 11.0 Å². The van der Waals surface area contributed by atoms with Crippen LogP contribution in [0.1, 0.15) is 17.3 Å². The number of ether oxygens (including phenoxy) is 1. The Bertz CT molecular complexity index is 1080. The second-order valence-electron chi connectivity index (χ2n) is 6.07. The quantitative estimate of drug-likeness (QED) is 0.385. The summed E-state index contributed by atoms with van der Waals surface area (Å²) in [4.78, 5) is 20.5. The summed E-state index contributed by atoms with van der Waals surface area (Å²) in [6.07, 6.45) is 1.77. The number of methoxy groups -OCH3 is 1. The van der Waals surface area contributed by atoms with Crippen molar-refractivity contribution in [2.24, 2.45) is 0 Å². The monoisotopic (exact) mass is 378 g/mol. The van der Waals surface area contributed by atoms with Crippen molar-refractivity contribution in [1.82, 2.24) is 20.2 Å². The van der Waals surface area contributed by atoms with Crippen molar-refractivity contribution in [1.29, 1.82) is 0 Å². The van der Waals surface area contributed by atoms with E-state index in [0.29, 0.717) is 16.5 Å². The zero-order valence-corrected chi connectivity index (χ0v) is 15.7. The fourth-order valence-electron chi connectivity index (χ4n) is 2.88. The minimum Gasteiger partial charge on any atom is -0.497 e. The van der Waals surface area contributed by atoms with Crippen LogP contribution in [-0.4, -0.2) is 38.3 Å². The molecule has 136 valence electrons. The number of ketones is 1. The van der Waals surface area contributed by atoms with Crippen LogP contribution in [-0.2, 0) is 0 Å². The number of benzene rings is 2. The molecule has 2 heterocycles. The molecule has 0 amide bonds. The second kappa shape index (κ2) is 7.28. The largest absolute Gasteiger partial charge is 0.497 e. The summed E-state index contributed by atoms with van der Waals surface area (Å²) in [5.74, 6) is 1.49. The Balaban J connectivity index is 1.50. The van der Waals surface area contributed by atoms with E-state index in [1.54, 1.807) is 13.3 Å². The number of nitrogens with zero attached hydrogens (tertiary/aromatic N) is 2. The van der Waals surface area contributed by atoms with Gasteiger partial charge in [0.05, 0.1) is 12.4 Å². The standard InChI is InChI=1S/C20H18N4O2S/c1-12(18(25)16-11-21-17-6-4-3-5-15(16)17)27-20-22-19(23-24-20)13-7-9-14(26-2)10-8-13/h3-12,21H,1-2H3,(H,22,23,24). The maximum Gasteiger partial charge on any atom is 0.209 e. The third-order valence-corrected chi connectivity index (χ3v) is 5.30. The molecule has 0 aliphatic rings. The molecule has 0 saturated carbocycles. The molecule has 0 aliphatic heterocycles. The van der Waals surface area contributed by atoms with Gasteiger partial charge in [-0.05, 0) is 37.3 Å². The van der Waals surface area contributed by atoms with Crippen molar-refractivity contribution < 1.29 is 9.53 Å². The average molecular weight is 378 g/mol. The first-order valence-electron chi connectivity index (χ1n) is 8.49. The van der Waals surface area contributed by atoms with Crippen LogP contribution in [0.2, 0.25) is 0 Å². The van der Waals surface area contributed by atoms with E-state index in [1.165, 1.54) is 11.8 Å². The van der Waals surface area contributed by atoms with E-state index in [0.717, 1.165) is 22.2 Å². The summed E-state index contributed by atoms with van der Waals surface area (Å²) in [7, 11) is 1.63. The van der Waals surface area contributed by atoms with Gasteiger partial charge in [0.2, 0.25) is 5.16 Å². The Morgan fingerprint density at radius 2 is 1.93 bits per heavy atom. The summed E-state index contributed by atoms with van der Waals surface area (Å²) in [6, 6.07) is 15.3. The zero-order chi connectivity index (χ0) is 18.8. The van der Waals surface area contributed by atoms with Gasteiger partial charge >= 0.3 is 0 Å². The molecule has 0 fully saturated rings. The Kier molecular flexibility index (Phi) is 4.68. The van der Waals surface area contributed by atoms with E-state index in [4.69, 9.17) is 4.74 Å². The van der Waals surface area contributed by atoms with Gasteiger partial charge in [-0.3, -0.25) is 9.89 Å². The third-order valence-electron chi connectivity index (χ3n) is 4.33. The lowest BCUT2D eigenvalue weighted by Crippen LogP contribution is -2.13. The molecular weight excluding hydrogens is 360 g/mol. The molecule has 2 aromatic heterocycles. The molecule has 6 nitrogen and oxygen atoms in total. The molecule has 0 spiro atoms. The van der Waals surface area contributed by atoms with Gasteiger partial charge in [-0.1, -0.05) is 30.0 Å². The lowest BCUT2D eigenvalue weighted by molar-refractivity contribution is 0.0995. The lowest BCUT2D eigenvalue weighted by Gasteiger charge is -2.06. The number of para-hydroxylation sites is 1. The molecule has 2 aromatic carbocycles. The summed E-state index contributed by atoms with van der Waals surface area (Å²) in [5, 5.41) is 8.34. The van der Waals surface area contributed by atoms with Crippen LogP contribution in [0.15, 0.2) is 59.9 Å². The van der Waals surface area contributed by atoms with Crippen LogP contribution >= 0.6 is 11.8 Å². The third kappa shape index (κ3) is 3.46. The van der Waals surface area contributed by atoms with E-state index in [1.807, 2.05) is 55.5 Å². The lowest BCUT2D eigenvalue weighted by atomic mass is 10.1. The number of carbonyl (C=O) groups is 1. The van der Waals surface area contributed by atoms with Crippen LogP contribution in [0.5, 0.6) is 5.75 Å². The Morgan fingerprint density at radius 3 is 2.70 bits per heavy atom. The van der Waals surface area contributed by atoms with Crippen LogP contribution in [0, 0.1) is 0 Å². The van der Waals surface area contributed by atoms with Crippen molar-refractivity contribution in [2.45, 2.75) is 17.3 Å². The molecule has 0 aliphatic carbocycles. The number of carbonyl (C=O) groups excluding carboxylic acids is 1. The second-order valence-corrected chi connectivity index (χ2v) is 7.38. The SMILES string of the molecule is COc1ccc(-c2nc(SC(C)C(=O)c3c[nH]c4ccccc34)n[nH]2)cc1. The summed E-state index contributed by atoms with van der Waals surface area (Å²) >= 11 is 1.34. The molecule has 1 atom stereocenters. The number of aromatic amines is 2. The normalized spacial score (nSPS) is 12.2. The fourth-order valence-corrected chi connectivity index (χ4v) is 3.68. The highest BCUT2D eigenvalue weighted by molar-refractivity contribution is 8.00. The van der Waals surface area contributed by atoms with Crippen molar-refractivity contribution in [2.75, 3.05) is 7.11 Å². The molecular formula is C20H18N4O2S. The van der Waals surface area contributed by atoms with E-state index in [9.17, 15) is 4.79 Å². The number of Topliss-reactive ketones (excluding diaryl/α,β-unsaturated/α-hetero) is 1. The van der Waals surface area contributed by atoms with Crippen molar-refractivity contribution in [3.63, 3.8) is 0 Å². The zero-order valence-electron chi connectivity index (χ0n) is 14.9. The maximum atomic E-state index is 12.9. The van der Waals surface area contributed by atoms with E-state index < -0.39 is 0 Å². The number of fused-ring (bicyclic) bond motifs is 1. The van der Waals surface area contributed by atoms with Gasteiger partial charge in [-0.15, -0.1) is 5.10 Å². The summed E-state index contributed by atoms with van der Waals surface area (Å²) in [5.41, 5.74) is 2.56. The van der Waals surface area contributed by atoms with Gasteiger partial charge in [-0.25, -0.2) is 4.98 Å². The molecule has 0 radical (unpaired) electrons. The van der Waals surface area contributed by atoms with Gasteiger partial charge < -0.3 is 9.72 Å². The van der Waals surface area contributed by atoms with Gasteiger partial charge in [0.1, 0.15) is 5.75 Å². The summed E-state index contributed by atoms with van der Waals surface area (Å²) < 4.78 is 5.16. The number of hydrogen-bond acceptors (Lipinski definition) is 5. The topological polar surface area (TPSA) is 83.7 Å². The number of aromatic nitrogens is 4. The first-order valence-corrected chi connectivity index (χ1v) is 9.37. The highest BCUT2D eigenvalue weighted by Crippen LogP contribution is 2.28. The van der Waals surface area contributed by atoms with Crippen LogP contribution in [0.3, 0.4) is 0 Å². The average Bonchev–Trinajstić information content (AvgIpc) is 3.34. The molecule has 27 heavy (non-hydrogen) atoms. The highest BCUT2D eigenvalue weighted by atomic mass is 32.2. The predicted octanol–water partition coefficient (Wildman–Crippen LogP) is 4.33. The summed E-state index contributed by atoms with van der Waals surface area (Å²) in [6.45, 7) is 1.87. The number of nitrogens with one attached hydrogen (secondary N) is 2. The molecule has 7 heteroatoms. The van der Waals surface area contributed by atoms with Crippen molar-refractivity contribution in [3.8, 4) is 17.1 Å². The number of H-pyrrole nitrogens is 2. The van der Waals surface area contributed by atoms with E-state index >= 15 is 0 Å².